The molecular formula is C16H11N7O. The first-order chi connectivity index (χ1) is 11.7. The van der Waals surface area contributed by atoms with Gasteiger partial charge in [0.15, 0.2) is 11.2 Å². The van der Waals surface area contributed by atoms with Crippen molar-refractivity contribution in [3.05, 3.63) is 59.1 Å². The van der Waals surface area contributed by atoms with Crippen molar-refractivity contribution in [1.82, 2.24) is 29.9 Å². The van der Waals surface area contributed by atoms with E-state index >= 15 is 0 Å². The van der Waals surface area contributed by atoms with Gasteiger partial charge in [0.1, 0.15) is 11.4 Å². The van der Waals surface area contributed by atoms with E-state index in [1.807, 2.05) is 12.1 Å². The largest absolute Gasteiger partial charge is 0.369 e. The summed E-state index contributed by atoms with van der Waals surface area (Å²) < 4.78 is 0. The zero-order valence-electron chi connectivity index (χ0n) is 12.3. The lowest BCUT2D eigenvalue weighted by molar-refractivity contribution is 1.11. The van der Waals surface area contributed by atoms with Crippen molar-refractivity contribution in [2.24, 2.45) is 0 Å². The highest BCUT2D eigenvalue weighted by atomic mass is 16.1. The molecule has 4 aromatic rings. The number of rotatable bonds is 2. The molecule has 0 unspecified atom stereocenters. The number of fused-ring (bicyclic) bond motifs is 1. The summed E-state index contributed by atoms with van der Waals surface area (Å²) in [5, 5.41) is 0. The van der Waals surface area contributed by atoms with Crippen LogP contribution in [0, 0.1) is 0 Å². The lowest BCUT2D eigenvalue weighted by atomic mass is 10.1. The molecule has 4 rings (SSSR count). The maximum absolute atomic E-state index is 12.1. The van der Waals surface area contributed by atoms with Crippen LogP contribution < -0.4 is 11.3 Å². The zero-order valence-corrected chi connectivity index (χ0v) is 12.3. The van der Waals surface area contributed by atoms with E-state index in [1.54, 1.807) is 36.7 Å². The highest BCUT2D eigenvalue weighted by molar-refractivity contribution is 5.82. The van der Waals surface area contributed by atoms with Gasteiger partial charge in [0.25, 0.3) is 5.56 Å². The molecule has 0 aromatic carbocycles. The highest BCUT2D eigenvalue weighted by Gasteiger charge is 2.17. The smallest absolute Gasteiger partial charge is 0.280 e. The number of anilines is 1. The average molecular weight is 317 g/mol. The van der Waals surface area contributed by atoms with E-state index in [2.05, 4.69) is 29.9 Å². The van der Waals surface area contributed by atoms with Crippen molar-refractivity contribution in [2.45, 2.75) is 0 Å². The van der Waals surface area contributed by atoms with Gasteiger partial charge in [-0.15, -0.1) is 0 Å². The Morgan fingerprint density at radius 3 is 2.04 bits per heavy atom. The number of pyridine rings is 2. The summed E-state index contributed by atoms with van der Waals surface area (Å²) in [6.07, 6.45) is 3.30. The molecule has 0 aliphatic carbocycles. The number of nitrogens with two attached hydrogens (primary N) is 1. The van der Waals surface area contributed by atoms with E-state index < -0.39 is 5.56 Å². The Balaban J connectivity index is 2.10. The number of nitrogens with one attached hydrogen (secondary N) is 1. The van der Waals surface area contributed by atoms with E-state index in [4.69, 9.17) is 5.73 Å². The SMILES string of the molecule is Nc1nc2nc(-c3ccccn3)c(-c3ccccn3)nc2c(=O)[nH]1. The number of nitrogen functional groups attached to an aromatic ring is 1. The van der Waals surface area contributed by atoms with Crippen LogP contribution in [0.5, 0.6) is 0 Å². The molecule has 0 fully saturated rings. The van der Waals surface area contributed by atoms with E-state index in [0.717, 1.165) is 0 Å². The number of aromatic amines is 1. The molecule has 0 bridgehead atoms. The van der Waals surface area contributed by atoms with Crippen molar-refractivity contribution < 1.29 is 0 Å². The summed E-state index contributed by atoms with van der Waals surface area (Å²) in [6, 6.07) is 10.9. The molecule has 8 nitrogen and oxygen atoms in total. The van der Waals surface area contributed by atoms with Crippen LogP contribution in [0.25, 0.3) is 33.9 Å². The number of hydrogen-bond donors (Lipinski definition) is 2. The van der Waals surface area contributed by atoms with Gasteiger partial charge in [0, 0.05) is 12.4 Å². The fourth-order valence-electron chi connectivity index (χ4n) is 2.34. The van der Waals surface area contributed by atoms with Crippen LogP contribution in [0.2, 0.25) is 0 Å². The summed E-state index contributed by atoms with van der Waals surface area (Å²) >= 11 is 0. The van der Waals surface area contributed by atoms with Gasteiger partial charge in [-0.05, 0) is 24.3 Å². The van der Waals surface area contributed by atoms with Crippen LogP contribution >= 0.6 is 0 Å². The second-order valence-corrected chi connectivity index (χ2v) is 4.97. The summed E-state index contributed by atoms with van der Waals surface area (Å²) in [5.74, 6) is -0.0145. The molecular weight excluding hydrogens is 306 g/mol. The third kappa shape index (κ3) is 2.35. The monoisotopic (exact) mass is 317 g/mol. The summed E-state index contributed by atoms with van der Waals surface area (Å²) in [4.78, 5) is 36.1. The molecule has 4 heterocycles. The van der Waals surface area contributed by atoms with Crippen LogP contribution in [0.4, 0.5) is 5.95 Å². The Morgan fingerprint density at radius 2 is 1.46 bits per heavy atom. The highest BCUT2D eigenvalue weighted by Crippen LogP contribution is 2.27. The molecule has 3 N–H and O–H groups in total. The van der Waals surface area contributed by atoms with Crippen molar-refractivity contribution in [3.8, 4) is 22.8 Å². The van der Waals surface area contributed by atoms with Crippen LogP contribution in [0.3, 0.4) is 0 Å². The zero-order chi connectivity index (χ0) is 16.5. The predicted octanol–water partition coefficient (Wildman–Crippen LogP) is 1.42. The van der Waals surface area contributed by atoms with Crippen molar-refractivity contribution >= 4 is 17.1 Å². The Labute approximate surface area is 135 Å². The van der Waals surface area contributed by atoms with Gasteiger partial charge in [-0.25, -0.2) is 9.97 Å². The molecule has 0 spiro atoms. The maximum Gasteiger partial charge on any atom is 0.280 e. The Hall–Kier alpha value is -3.68. The first kappa shape index (κ1) is 13.9. The first-order valence-electron chi connectivity index (χ1n) is 7.13. The molecule has 0 aliphatic heterocycles. The molecule has 24 heavy (non-hydrogen) atoms. The van der Waals surface area contributed by atoms with Gasteiger partial charge in [-0.3, -0.25) is 19.7 Å². The molecule has 4 aromatic heterocycles. The van der Waals surface area contributed by atoms with Gasteiger partial charge >= 0.3 is 0 Å². The lowest BCUT2D eigenvalue weighted by Crippen LogP contribution is -2.14. The van der Waals surface area contributed by atoms with E-state index in [-0.39, 0.29) is 17.1 Å². The normalized spacial score (nSPS) is 10.8. The van der Waals surface area contributed by atoms with Crippen LogP contribution in [0.15, 0.2) is 53.6 Å². The van der Waals surface area contributed by atoms with Gasteiger partial charge in [0.2, 0.25) is 5.95 Å². The first-order valence-corrected chi connectivity index (χ1v) is 7.13. The fraction of sp³-hybridized carbons (Fsp3) is 0. The fourth-order valence-corrected chi connectivity index (χ4v) is 2.34. The molecule has 0 atom stereocenters. The topological polar surface area (TPSA) is 123 Å². The molecule has 0 saturated carbocycles. The number of H-pyrrole nitrogens is 1. The Bertz CT molecular complexity index is 1080. The minimum Gasteiger partial charge on any atom is -0.369 e. The summed E-state index contributed by atoms with van der Waals surface area (Å²) in [7, 11) is 0. The van der Waals surface area contributed by atoms with Crippen molar-refractivity contribution in [3.63, 3.8) is 0 Å². The Kier molecular flexibility index (Phi) is 3.20. The summed E-state index contributed by atoms with van der Waals surface area (Å²) in [6.45, 7) is 0. The summed E-state index contributed by atoms with van der Waals surface area (Å²) in [5.41, 5.74) is 7.55. The second kappa shape index (κ2) is 5.51. The maximum atomic E-state index is 12.1. The Morgan fingerprint density at radius 1 is 0.833 bits per heavy atom. The lowest BCUT2D eigenvalue weighted by Gasteiger charge is -2.08. The molecule has 0 aliphatic rings. The minimum atomic E-state index is -0.449. The van der Waals surface area contributed by atoms with Gasteiger partial charge < -0.3 is 5.73 Å². The van der Waals surface area contributed by atoms with Gasteiger partial charge in [-0.2, -0.15) is 4.98 Å². The third-order valence-corrected chi connectivity index (χ3v) is 3.38. The number of aromatic nitrogens is 6. The van der Waals surface area contributed by atoms with E-state index in [9.17, 15) is 4.79 Å². The van der Waals surface area contributed by atoms with E-state index in [1.165, 1.54) is 0 Å². The predicted molar refractivity (Wildman–Crippen MR) is 88.8 cm³/mol. The quantitative estimate of drug-likeness (QED) is 0.573. The molecule has 0 saturated heterocycles. The molecule has 8 heteroatoms. The minimum absolute atomic E-state index is 0.0145. The van der Waals surface area contributed by atoms with Gasteiger partial charge in [-0.1, -0.05) is 12.1 Å². The van der Waals surface area contributed by atoms with Gasteiger partial charge in [0.05, 0.1) is 11.4 Å². The molecule has 0 radical (unpaired) electrons. The number of nitrogens with zero attached hydrogens (tertiary/aromatic N) is 5. The van der Waals surface area contributed by atoms with Crippen LogP contribution in [-0.4, -0.2) is 29.9 Å². The molecule has 0 amide bonds. The molecule has 116 valence electrons. The van der Waals surface area contributed by atoms with Crippen molar-refractivity contribution in [1.29, 1.82) is 0 Å². The average Bonchev–Trinajstić information content (AvgIpc) is 2.62. The third-order valence-electron chi connectivity index (χ3n) is 3.38. The van der Waals surface area contributed by atoms with Crippen LogP contribution in [-0.2, 0) is 0 Å². The van der Waals surface area contributed by atoms with Crippen LogP contribution in [0.1, 0.15) is 0 Å². The van der Waals surface area contributed by atoms with E-state index in [0.29, 0.717) is 22.8 Å². The number of hydrogen-bond acceptors (Lipinski definition) is 7. The second-order valence-electron chi connectivity index (χ2n) is 4.97. The standard InChI is InChI=1S/C16H11N7O/c17-16-22-14-13(15(24)23-16)20-11(9-5-1-3-7-18-9)12(21-14)10-6-2-4-8-19-10/h1-8H,(H3,17,21,22,23,24). The van der Waals surface area contributed by atoms with Crippen molar-refractivity contribution in [2.75, 3.05) is 5.73 Å².